The average molecular weight is 389 g/mol. The van der Waals surface area contributed by atoms with Crippen LogP contribution in [0.2, 0.25) is 0 Å². The molecule has 7 nitrogen and oxygen atoms in total. The van der Waals surface area contributed by atoms with Crippen LogP contribution in [-0.4, -0.2) is 35.0 Å². The van der Waals surface area contributed by atoms with Gasteiger partial charge in [-0.3, -0.25) is 9.19 Å². The van der Waals surface area contributed by atoms with Crippen LogP contribution in [-0.2, 0) is 16.6 Å². The number of halogens is 2. The molecule has 1 unspecified atom stereocenters. The monoisotopic (exact) mass is 389 g/mol. The zero-order valence-electron chi connectivity index (χ0n) is 14.8. The second-order valence-corrected chi connectivity index (χ2v) is 6.40. The van der Waals surface area contributed by atoms with Gasteiger partial charge in [-0.2, -0.15) is 8.78 Å². The minimum Gasteiger partial charge on any atom is -0.493 e. The molecule has 0 spiro atoms. The van der Waals surface area contributed by atoms with Crippen molar-refractivity contribution >= 4 is 21.8 Å². The topological polar surface area (TPSA) is 84.6 Å². The third-order valence-corrected chi connectivity index (χ3v) is 4.56. The molecule has 0 N–H and O–H groups in total. The molecule has 2 heterocycles. The van der Waals surface area contributed by atoms with Crippen LogP contribution in [0, 0.1) is 0 Å². The Morgan fingerprint density at radius 2 is 1.93 bits per heavy atom. The van der Waals surface area contributed by atoms with Gasteiger partial charge in [0.1, 0.15) is 5.75 Å². The fourth-order valence-corrected chi connectivity index (χ4v) is 3.21. The van der Waals surface area contributed by atoms with Crippen molar-refractivity contribution in [2.75, 3.05) is 14.2 Å². The Morgan fingerprint density at radius 1 is 1.19 bits per heavy atom. The van der Waals surface area contributed by atoms with Gasteiger partial charge in [0.25, 0.3) is 0 Å². The molecule has 3 aromatic rings. The fraction of sp³-hybridized carbons (Fsp3) is 0.250. The van der Waals surface area contributed by atoms with Gasteiger partial charge in [0.15, 0.2) is 11.5 Å². The van der Waals surface area contributed by atoms with E-state index in [0.717, 1.165) is 0 Å². The molecule has 0 radical (unpaired) electrons. The number of fused-ring (bicyclic) bond motifs is 1. The van der Waals surface area contributed by atoms with E-state index < -0.39 is 17.4 Å². The molecule has 0 aliphatic carbocycles. The van der Waals surface area contributed by atoms with Gasteiger partial charge in [-0.25, -0.2) is 0 Å². The zero-order valence-corrected chi connectivity index (χ0v) is 15.6. The second kappa shape index (κ2) is 9.17. The molecule has 0 fully saturated rings. The summed E-state index contributed by atoms with van der Waals surface area (Å²) in [5, 5.41) is 0.0887. The smallest absolute Gasteiger partial charge is 0.493 e. The molecule has 27 heavy (non-hydrogen) atoms. The van der Waals surface area contributed by atoms with Crippen LogP contribution in [0.25, 0.3) is 11.0 Å². The Balaban J connectivity index is 0.00000261. The quantitative estimate of drug-likeness (QED) is 0.505. The Hall–Kier alpha value is -2.15. The van der Waals surface area contributed by atoms with Crippen molar-refractivity contribution in [3.63, 3.8) is 0 Å². The van der Waals surface area contributed by atoms with Gasteiger partial charge in [-0.15, -0.1) is 0 Å². The van der Waals surface area contributed by atoms with Crippen molar-refractivity contribution in [2.45, 2.75) is 17.5 Å². The van der Waals surface area contributed by atoms with Crippen LogP contribution in [0.1, 0.15) is 5.69 Å². The summed E-state index contributed by atoms with van der Waals surface area (Å²) in [6, 6.07) is 5.78. The molecule has 0 saturated carbocycles. The summed E-state index contributed by atoms with van der Waals surface area (Å²) < 4.78 is 51.7. The first kappa shape index (κ1) is 21.2. The van der Waals surface area contributed by atoms with E-state index in [4.69, 9.17) is 9.47 Å². The number of alkyl halides is 2. The van der Waals surface area contributed by atoms with Crippen LogP contribution in [0.3, 0.4) is 0 Å². The number of hydrogen-bond donors (Lipinski definition) is 0. The fourth-order valence-electron chi connectivity index (χ4n) is 2.25. The van der Waals surface area contributed by atoms with E-state index in [1.54, 1.807) is 6.07 Å². The first-order valence-electron chi connectivity index (χ1n) is 7.34. The van der Waals surface area contributed by atoms with Crippen molar-refractivity contribution in [3.8, 4) is 17.2 Å². The number of methoxy groups -OCH3 is 2. The summed E-state index contributed by atoms with van der Waals surface area (Å²) in [7, 11) is 1.41. The first-order valence-corrected chi connectivity index (χ1v) is 8.66. The number of hydrogen-bond acceptors (Lipinski definition) is 6. The minimum atomic E-state index is -2.93. The number of rotatable bonds is 7. The predicted octanol–water partition coefficient (Wildman–Crippen LogP) is -0.483. The molecule has 0 bridgehead atoms. The SMILES string of the molecule is COc1cnc(CS(=O)c2nc3cc(OC(F)F)ccc3[n-]2)cc1OC.[Li+]. The molecular weight excluding hydrogens is 375 g/mol. The van der Waals surface area contributed by atoms with Crippen molar-refractivity contribution < 1.29 is 46.1 Å². The van der Waals surface area contributed by atoms with Gasteiger partial charge in [0, 0.05) is 11.2 Å². The van der Waals surface area contributed by atoms with Crippen molar-refractivity contribution in [3.05, 3.63) is 36.2 Å². The molecule has 2 aromatic heterocycles. The number of imidazole rings is 1. The van der Waals surface area contributed by atoms with Crippen LogP contribution in [0.5, 0.6) is 17.2 Å². The van der Waals surface area contributed by atoms with Gasteiger partial charge in [-0.05, 0) is 23.2 Å². The molecular formula is C16H14F2LiN3O4S. The molecule has 1 aromatic carbocycles. The van der Waals surface area contributed by atoms with E-state index in [-0.39, 0.29) is 35.5 Å². The summed E-state index contributed by atoms with van der Waals surface area (Å²) in [6.45, 7) is -2.93. The molecule has 0 aliphatic heterocycles. The van der Waals surface area contributed by atoms with Crippen molar-refractivity contribution in [1.82, 2.24) is 15.0 Å². The normalized spacial score (nSPS) is 11.9. The Labute approximate surface area is 168 Å². The minimum absolute atomic E-state index is 0. The average Bonchev–Trinajstić information content (AvgIpc) is 3.04. The van der Waals surface area contributed by atoms with Gasteiger partial charge in [0.05, 0.1) is 42.7 Å². The maximum Gasteiger partial charge on any atom is 1.00 e. The molecule has 11 heteroatoms. The van der Waals surface area contributed by atoms with Crippen LogP contribution in [0.15, 0.2) is 35.6 Å². The van der Waals surface area contributed by atoms with Crippen LogP contribution < -0.4 is 38.1 Å². The molecule has 3 rings (SSSR count). The number of benzene rings is 1. The van der Waals surface area contributed by atoms with Crippen molar-refractivity contribution in [2.24, 2.45) is 0 Å². The number of aromatic nitrogens is 3. The van der Waals surface area contributed by atoms with Crippen molar-refractivity contribution in [1.29, 1.82) is 0 Å². The van der Waals surface area contributed by atoms with E-state index in [9.17, 15) is 13.0 Å². The van der Waals surface area contributed by atoms with E-state index >= 15 is 0 Å². The van der Waals surface area contributed by atoms with Gasteiger partial charge >= 0.3 is 25.5 Å². The molecule has 0 amide bonds. The summed E-state index contributed by atoms with van der Waals surface area (Å²) in [5.74, 6) is 0.962. The predicted molar refractivity (Wildman–Crippen MR) is 89.1 cm³/mol. The number of pyridine rings is 1. The Bertz CT molecular complexity index is 955. The summed E-state index contributed by atoms with van der Waals surface area (Å²) in [4.78, 5) is 12.5. The number of nitrogens with zero attached hydrogens (tertiary/aromatic N) is 3. The maximum absolute atomic E-state index is 12.5. The largest absolute Gasteiger partial charge is 1.00 e. The summed E-state index contributed by atoms with van der Waals surface area (Å²) in [5.41, 5.74) is 1.28. The van der Waals surface area contributed by atoms with Gasteiger partial charge in [-0.1, -0.05) is 6.07 Å². The van der Waals surface area contributed by atoms with Crippen LogP contribution in [0.4, 0.5) is 8.78 Å². The standard InChI is InChI=1S/C16H14F2N3O4S.Li/c1-23-13-5-9(19-7-14(13)24-2)8-26(22)16-20-11-4-3-10(25-15(17)18)6-12(11)21-16;/h3-7,15H,8H2,1-2H3;/q-1;+1. The van der Waals surface area contributed by atoms with E-state index in [0.29, 0.717) is 28.2 Å². The number of ether oxygens (including phenoxy) is 3. The van der Waals surface area contributed by atoms with Gasteiger partial charge < -0.3 is 24.2 Å². The third kappa shape index (κ3) is 4.97. The molecule has 1 atom stereocenters. The van der Waals surface area contributed by atoms with Crippen LogP contribution >= 0.6 is 0 Å². The second-order valence-electron chi connectivity index (χ2n) is 5.06. The first-order chi connectivity index (χ1) is 12.5. The Morgan fingerprint density at radius 3 is 2.59 bits per heavy atom. The van der Waals surface area contributed by atoms with E-state index in [1.165, 1.54) is 38.6 Å². The summed E-state index contributed by atoms with van der Waals surface area (Å²) in [6.07, 6.45) is 1.47. The maximum atomic E-state index is 12.5. The van der Waals surface area contributed by atoms with Gasteiger partial charge in [0.2, 0.25) is 0 Å². The van der Waals surface area contributed by atoms with E-state index in [1.807, 2.05) is 0 Å². The summed E-state index contributed by atoms with van der Waals surface area (Å²) >= 11 is 0. The third-order valence-electron chi connectivity index (χ3n) is 3.41. The molecule has 0 saturated heterocycles. The Kier molecular flexibility index (Phi) is 7.18. The molecule has 0 aliphatic rings. The molecule has 138 valence electrons. The zero-order chi connectivity index (χ0) is 18.7. The van der Waals surface area contributed by atoms with E-state index in [2.05, 4.69) is 19.7 Å².